The number of nitrogens with one attached hydrogen (secondary N) is 1. The molecule has 0 rings (SSSR count). The molecule has 0 saturated carbocycles. The van der Waals surface area contributed by atoms with E-state index in [1.165, 1.54) is 6.08 Å². The van der Waals surface area contributed by atoms with E-state index < -0.39 is 12.0 Å². The van der Waals surface area contributed by atoms with Crippen molar-refractivity contribution in [3.63, 3.8) is 0 Å². The Bertz CT molecular complexity index is 300. The lowest BCUT2D eigenvalue weighted by molar-refractivity contribution is -0.141. The Morgan fingerprint density at radius 2 is 2.18 bits per heavy atom. The third kappa shape index (κ3) is 6.52. The number of ketones is 1. The molecule has 1 unspecified atom stereocenters. The van der Waals surface area contributed by atoms with E-state index in [1.54, 1.807) is 0 Å². The molecule has 1 atom stereocenters. The van der Waals surface area contributed by atoms with Crippen LogP contribution in [0.4, 0.5) is 0 Å². The van der Waals surface area contributed by atoms with Crippen molar-refractivity contribution in [2.75, 3.05) is 13.2 Å². The third-order valence-electron chi connectivity index (χ3n) is 2.04. The zero-order valence-corrected chi connectivity index (χ0v) is 10.2. The van der Waals surface area contributed by atoms with Crippen LogP contribution >= 0.6 is 0 Å². The Kier molecular flexibility index (Phi) is 7.71. The number of nitrogens with two attached hydrogens (primary N) is 1. The summed E-state index contributed by atoms with van der Waals surface area (Å²) >= 11 is 0. The number of ether oxygens (including phenoxy) is 1. The number of rotatable bonds is 9. The second-order valence-electron chi connectivity index (χ2n) is 3.56. The molecule has 0 amide bonds. The average Bonchev–Trinajstić information content (AvgIpc) is 2.32. The first kappa shape index (κ1) is 15.4. The van der Waals surface area contributed by atoms with Gasteiger partial charge in [0, 0.05) is 0 Å². The highest BCUT2D eigenvalue weighted by atomic mass is 16.5. The molecule has 0 aromatic carbocycles. The summed E-state index contributed by atoms with van der Waals surface area (Å²) in [6, 6.07) is -0.566. The molecule has 0 aromatic heterocycles. The summed E-state index contributed by atoms with van der Waals surface area (Å²) in [5.74, 6) is -0.744. The van der Waals surface area contributed by atoms with Crippen LogP contribution in [0.2, 0.25) is 0 Å². The van der Waals surface area contributed by atoms with Crippen molar-refractivity contribution in [1.82, 2.24) is 5.32 Å². The minimum Gasteiger partial charge on any atom is -0.460 e. The first-order valence-corrected chi connectivity index (χ1v) is 5.52. The van der Waals surface area contributed by atoms with E-state index in [-0.39, 0.29) is 24.6 Å². The summed E-state index contributed by atoms with van der Waals surface area (Å²) in [5.41, 5.74) is 5.78. The standard InChI is InChI=1S/C12H20N2O3/c1-4-6-10(13)12(16)9(3)14-8-11(15)17-7-5-2/h5,10,14H,2-4,6-8,13H2,1H3. The molecular formula is C12H20N2O3. The molecule has 5 heteroatoms. The second-order valence-corrected chi connectivity index (χ2v) is 3.56. The zero-order valence-electron chi connectivity index (χ0n) is 10.2. The number of Topliss-reactive ketones (excluding diaryl/α,β-unsaturated/α-hetero) is 1. The molecule has 0 fully saturated rings. The van der Waals surface area contributed by atoms with Crippen LogP contribution in [-0.2, 0) is 14.3 Å². The molecule has 0 heterocycles. The monoisotopic (exact) mass is 240 g/mol. The molecule has 0 bridgehead atoms. The van der Waals surface area contributed by atoms with Crippen molar-refractivity contribution in [1.29, 1.82) is 0 Å². The number of hydrogen-bond acceptors (Lipinski definition) is 5. The van der Waals surface area contributed by atoms with Crippen molar-refractivity contribution in [2.24, 2.45) is 5.73 Å². The Morgan fingerprint density at radius 3 is 2.71 bits per heavy atom. The second kappa shape index (κ2) is 8.52. The van der Waals surface area contributed by atoms with Crippen LogP contribution in [0, 0.1) is 0 Å². The van der Waals surface area contributed by atoms with E-state index in [1.807, 2.05) is 6.92 Å². The topological polar surface area (TPSA) is 81.4 Å². The molecule has 0 aliphatic heterocycles. The summed E-state index contributed by atoms with van der Waals surface area (Å²) in [6.45, 7) is 8.95. The maximum absolute atomic E-state index is 11.6. The van der Waals surface area contributed by atoms with Crippen molar-refractivity contribution < 1.29 is 14.3 Å². The lowest BCUT2D eigenvalue weighted by atomic mass is 10.1. The highest BCUT2D eigenvalue weighted by Gasteiger charge is 2.16. The van der Waals surface area contributed by atoms with Gasteiger partial charge in [0.15, 0.2) is 5.78 Å². The lowest BCUT2D eigenvalue weighted by Crippen LogP contribution is -2.37. The summed E-state index contributed by atoms with van der Waals surface area (Å²) in [7, 11) is 0. The minimum atomic E-state index is -0.566. The van der Waals surface area contributed by atoms with Gasteiger partial charge in [0.2, 0.25) is 0 Å². The van der Waals surface area contributed by atoms with Gasteiger partial charge in [-0.05, 0) is 6.42 Å². The van der Waals surface area contributed by atoms with Crippen molar-refractivity contribution in [3.8, 4) is 0 Å². The summed E-state index contributed by atoms with van der Waals surface area (Å²) in [6.07, 6.45) is 2.89. The molecule has 5 nitrogen and oxygen atoms in total. The van der Waals surface area contributed by atoms with Gasteiger partial charge in [-0.3, -0.25) is 9.59 Å². The number of hydrogen-bond donors (Lipinski definition) is 2. The van der Waals surface area contributed by atoms with Crippen LogP contribution in [0.1, 0.15) is 19.8 Å². The van der Waals surface area contributed by atoms with Gasteiger partial charge in [0.1, 0.15) is 13.2 Å². The number of carbonyl (C=O) groups is 2. The Balaban J connectivity index is 3.96. The fraction of sp³-hybridized carbons (Fsp3) is 0.500. The van der Waals surface area contributed by atoms with Crippen LogP contribution in [-0.4, -0.2) is 30.9 Å². The predicted octanol–water partition coefficient (Wildman–Crippen LogP) is 0.515. The Morgan fingerprint density at radius 1 is 1.53 bits per heavy atom. The van der Waals surface area contributed by atoms with Gasteiger partial charge in [-0.1, -0.05) is 32.6 Å². The van der Waals surface area contributed by atoms with E-state index in [4.69, 9.17) is 10.5 Å². The molecule has 17 heavy (non-hydrogen) atoms. The molecule has 0 saturated heterocycles. The summed E-state index contributed by atoms with van der Waals surface area (Å²) in [4.78, 5) is 22.7. The van der Waals surface area contributed by atoms with Crippen LogP contribution < -0.4 is 11.1 Å². The molecule has 96 valence electrons. The van der Waals surface area contributed by atoms with Gasteiger partial charge < -0.3 is 15.8 Å². The largest absolute Gasteiger partial charge is 0.460 e. The smallest absolute Gasteiger partial charge is 0.325 e. The molecule has 3 N–H and O–H groups in total. The minimum absolute atomic E-state index is 0.0999. The maximum atomic E-state index is 11.6. The zero-order chi connectivity index (χ0) is 13.3. The van der Waals surface area contributed by atoms with E-state index in [2.05, 4.69) is 18.5 Å². The number of carbonyl (C=O) groups excluding carboxylic acids is 2. The molecule has 0 radical (unpaired) electrons. The van der Waals surface area contributed by atoms with Gasteiger partial charge in [-0.15, -0.1) is 0 Å². The predicted molar refractivity (Wildman–Crippen MR) is 66.2 cm³/mol. The number of esters is 1. The van der Waals surface area contributed by atoms with Crippen molar-refractivity contribution in [3.05, 3.63) is 24.9 Å². The van der Waals surface area contributed by atoms with Crippen LogP contribution in [0.5, 0.6) is 0 Å². The van der Waals surface area contributed by atoms with Gasteiger partial charge in [0.05, 0.1) is 11.7 Å². The van der Waals surface area contributed by atoms with E-state index in [0.29, 0.717) is 6.42 Å². The molecule has 0 aliphatic carbocycles. The molecule has 0 aromatic rings. The van der Waals surface area contributed by atoms with Gasteiger partial charge in [-0.2, -0.15) is 0 Å². The van der Waals surface area contributed by atoms with Gasteiger partial charge >= 0.3 is 5.97 Å². The molecular weight excluding hydrogens is 220 g/mol. The van der Waals surface area contributed by atoms with Gasteiger partial charge in [-0.25, -0.2) is 0 Å². The SMILES string of the molecule is C=CCOC(=O)CNC(=C)C(=O)C(N)CCC. The average molecular weight is 240 g/mol. The van der Waals surface area contributed by atoms with E-state index in [0.717, 1.165) is 6.42 Å². The van der Waals surface area contributed by atoms with E-state index >= 15 is 0 Å². The Labute approximate surface area is 102 Å². The van der Waals surface area contributed by atoms with Crippen LogP contribution in [0.15, 0.2) is 24.9 Å². The van der Waals surface area contributed by atoms with Crippen LogP contribution in [0.25, 0.3) is 0 Å². The first-order valence-electron chi connectivity index (χ1n) is 5.52. The van der Waals surface area contributed by atoms with Gasteiger partial charge in [0.25, 0.3) is 0 Å². The van der Waals surface area contributed by atoms with Crippen LogP contribution in [0.3, 0.4) is 0 Å². The normalized spacial score (nSPS) is 11.4. The van der Waals surface area contributed by atoms with Crippen molar-refractivity contribution in [2.45, 2.75) is 25.8 Å². The summed E-state index contributed by atoms with van der Waals surface area (Å²) in [5, 5.41) is 2.60. The quantitative estimate of drug-likeness (QED) is 0.349. The maximum Gasteiger partial charge on any atom is 0.325 e. The van der Waals surface area contributed by atoms with E-state index in [9.17, 15) is 9.59 Å². The third-order valence-corrected chi connectivity index (χ3v) is 2.04. The fourth-order valence-electron chi connectivity index (χ4n) is 1.13. The Hall–Kier alpha value is -1.62. The molecule has 0 aliphatic rings. The highest BCUT2D eigenvalue weighted by Crippen LogP contribution is 1.99. The highest BCUT2D eigenvalue weighted by molar-refractivity contribution is 5.98. The summed E-state index contributed by atoms with van der Waals surface area (Å²) < 4.78 is 4.73. The first-order chi connectivity index (χ1) is 8.02. The fourth-order valence-corrected chi connectivity index (χ4v) is 1.13. The van der Waals surface area contributed by atoms with Crippen molar-refractivity contribution >= 4 is 11.8 Å². The lowest BCUT2D eigenvalue weighted by Gasteiger charge is -2.12. The molecule has 0 spiro atoms.